The predicted octanol–water partition coefficient (Wildman–Crippen LogP) is 3.33. The highest BCUT2D eigenvalue weighted by Crippen LogP contribution is 2.28. The molecule has 1 aromatic carbocycles. The number of benzene rings is 1. The van der Waals surface area contributed by atoms with E-state index >= 15 is 0 Å². The van der Waals surface area contributed by atoms with Gasteiger partial charge in [0.2, 0.25) is 11.7 Å². The van der Waals surface area contributed by atoms with Crippen LogP contribution in [0, 0.1) is 10.1 Å². The minimum absolute atomic E-state index is 0.105. The molecule has 0 saturated heterocycles. The summed E-state index contributed by atoms with van der Waals surface area (Å²) in [6.07, 6.45) is 6.97. The van der Waals surface area contributed by atoms with E-state index in [2.05, 4.69) is 15.0 Å². The van der Waals surface area contributed by atoms with Gasteiger partial charge in [0.25, 0.3) is 5.56 Å². The van der Waals surface area contributed by atoms with E-state index in [1.807, 2.05) is 0 Å². The fourth-order valence-electron chi connectivity index (χ4n) is 4.06. The first-order valence-corrected chi connectivity index (χ1v) is 12.0. The molecular weight excluding hydrogens is 542 g/mol. The molecule has 202 valence electrons. The van der Waals surface area contributed by atoms with E-state index < -0.39 is 16.2 Å². The van der Waals surface area contributed by atoms with Gasteiger partial charge in [0.1, 0.15) is 11.9 Å². The molecule has 0 spiro atoms. The molecule has 4 heterocycles. The van der Waals surface area contributed by atoms with Crippen molar-refractivity contribution in [3.8, 4) is 34.1 Å². The van der Waals surface area contributed by atoms with Crippen molar-refractivity contribution in [2.75, 3.05) is 7.11 Å². The average Bonchev–Trinajstić information content (AvgIpc) is 3.32. The van der Waals surface area contributed by atoms with Gasteiger partial charge in [0, 0.05) is 29.7 Å². The zero-order valence-corrected chi connectivity index (χ0v) is 21.8. The number of rotatable bonds is 8. The molecule has 0 N–H and O–H groups in total. The van der Waals surface area contributed by atoms with Gasteiger partial charge in [-0.3, -0.25) is 14.3 Å². The van der Waals surface area contributed by atoms with Crippen molar-refractivity contribution < 1.29 is 14.4 Å². The van der Waals surface area contributed by atoms with Crippen LogP contribution in [0.1, 0.15) is 5.82 Å². The van der Waals surface area contributed by atoms with Crippen molar-refractivity contribution in [2.24, 2.45) is 7.05 Å². The van der Waals surface area contributed by atoms with E-state index in [9.17, 15) is 19.7 Å². The second kappa shape index (κ2) is 10.8. The smallest absolute Gasteiger partial charge is 0.342 e. The lowest BCUT2D eigenvalue weighted by molar-refractivity contribution is -0.391. The zero-order valence-electron chi connectivity index (χ0n) is 21.1. The topological polar surface area (TPSA) is 149 Å². The number of hydrogen-bond acceptors (Lipinski definition) is 9. The van der Waals surface area contributed by atoms with Gasteiger partial charge in [0.05, 0.1) is 42.9 Å². The third-order valence-corrected chi connectivity index (χ3v) is 6.22. The van der Waals surface area contributed by atoms with Gasteiger partial charge in [-0.05, 0) is 41.3 Å². The highest BCUT2D eigenvalue weighted by atomic mass is 35.5. The summed E-state index contributed by atoms with van der Waals surface area (Å²) in [6.45, 7) is -0.105. The summed E-state index contributed by atoms with van der Waals surface area (Å²) in [4.78, 5) is 50.2. The Bertz CT molecular complexity index is 1850. The van der Waals surface area contributed by atoms with Gasteiger partial charge in [-0.15, -0.1) is 0 Å². The SMILES string of the molecule is COc1ncccc1-c1cn(-c2cc(Cl)cc(OCc3ncc([N+](=O)[O-])n3C)c2)c(=O)n(-c2cccnc2)c1=O. The molecule has 14 heteroatoms. The van der Waals surface area contributed by atoms with Crippen LogP contribution in [0.25, 0.3) is 22.5 Å². The molecular formula is C26H20ClN7O6. The van der Waals surface area contributed by atoms with Crippen molar-refractivity contribution in [1.29, 1.82) is 0 Å². The number of pyridine rings is 2. The lowest BCUT2D eigenvalue weighted by Gasteiger charge is -2.15. The number of hydrogen-bond donors (Lipinski definition) is 0. The Hall–Kier alpha value is -5.30. The second-order valence-electron chi connectivity index (χ2n) is 8.39. The largest absolute Gasteiger partial charge is 0.483 e. The van der Waals surface area contributed by atoms with Crippen molar-refractivity contribution in [3.63, 3.8) is 0 Å². The molecule has 5 rings (SSSR count). The molecule has 0 aliphatic carbocycles. The highest BCUT2D eigenvalue weighted by Gasteiger charge is 2.20. The van der Waals surface area contributed by atoms with Crippen molar-refractivity contribution >= 4 is 17.4 Å². The maximum atomic E-state index is 13.7. The van der Waals surface area contributed by atoms with Crippen LogP contribution in [0.5, 0.6) is 11.6 Å². The summed E-state index contributed by atoms with van der Waals surface area (Å²) in [5, 5.41) is 11.4. The average molecular weight is 562 g/mol. The normalized spacial score (nSPS) is 10.9. The Labute approximate surface area is 230 Å². The van der Waals surface area contributed by atoms with Crippen molar-refractivity contribution in [3.05, 3.63) is 115 Å². The molecule has 5 aromatic rings. The number of halogens is 1. The van der Waals surface area contributed by atoms with Gasteiger partial charge < -0.3 is 19.6 Å². The molecule has 4 aromatic heterocycles. The van der Waals surface area contributed by atoms with Crippen LogP contribution in [-0.4, -0.2) is 40.7 Å². The monoisotopic (exact) mass is 561 g/mol. The standard InChI is InChI=1S/C26H20ClN7O6/c1-31-22(30-13-23(31)34(37)38)15-40-19-10-16(27)9-18(11-19)32-14-21(20-6-4-8-29-24(20)39-2)25(35)33(26(32)36)17-5-3-7-28-12-17/h3-14H,15H2,1-2H3. The van der Waals surface area contributed by atoms with E-state index in [1.165, 1.54) is 60.2 Å². The number of methoxy groups -OCH3 is 1. The summed E-state index contributed by atoms with van der Waals surface area (Å²) in [6, 6.07) is 11.1. The molecule has 0 unspecified atom stereocenters. The molecule has 40 heavy (non-hydrogen) atoms. The van der Waals surface area contributed by atoms with Gasteiger partial charge >= 0.3 is 11.5 Å². The molecule has 0 amide bonds. The van der Waals surface area contributed by atoms with Crippen LogP contribution in [0.4, 0.5) is 5.82 Å². The summed E-state index contributed by atoms with van der Waals surface area (Å²) in [5.41, 5.74) is -0.230. The van der Waals surface area contributed by atoms with Crippen molar-refractivity contribution in [2.45, 2.75) is 6.61 Å². The van der Waals surface area contributed by atoms with E-state index in [0.717, 1.165) is 10.8 Å². The van der Waals surface area contributed by atoms with Gasteiger partial charge in [-0.1, -0.05) is 11.6 Å². The quantitative estimate of drug-likeness (QED) is 0.205. The lowest BCUT2D eigenvalue weighted by Crippen LogP contribution is -2.38. The Morgan fingerprint density at radius 2 is 1.82 bits per heavy atom. The lowest BCUT2D eigenvalue weighted by atomic mass is 10.1. The molecule has 0 radical (unpaired) electrons. The van der Waals surface area contributed by atoms with Crippen LogP contribution in [0.2, 0.25) is 5.02 Å². The van der Waals surface area contributed by atoms with Gasteiger partial charge in [-0.2, -0.15) is 0 Å². The molecule has 0 bridgehead atoms. The predicted molar refractivity (Wildman–Crippen MR) is 144 cm³/mol. The Balaban J connectivity index is 1.65. The van der Waals surface area contributed by atoms with Gasteiger partial charge in [-0.25, -0.2) is 23.9 Å². The fourth-order valence-corrected chi connectivity index (χ4v) is 4.28. The molecule has 0 aliphatic rings. The maximum Gasteiger partial charge on any atom is 0.342 e. The molecule has 0 fully saturated rings. The van der Waals surface area contributed by atoms with Crippen LogP contribution in [0.15, 0.2) is 83.0 Å². The van der Waals surface area contributed by atoms with Crippen molar-refractivity contribution in [1.82, 2.24) is 28.7 Å². The zero-order chi connectivity index (χ0) is 28.4. The molecule has 13 nitrogen and oxygen atoms in total. The summed E-state index contributed by atoms with van der Waals surface area (Å²) in [5.74, 6) is 0.580. The number of aromatic nitrogens is 6. The summed E-state index contributed by atoms with van der Waals surface area (Å²) >= 11 is 6.39. The molecule has 0 aliphatic heterocycles. The maximum absolute atomic E-state index is 13.7. The minimum Gasteiger partial charge on any atom is -0.483 e. The minimum atomic E-state index is -0.683. The third kappa shape index (κ3) is 4.92. The third-order valence-electron chi connectivity index (χ3n) is 6.00. The van der Waals surface area contributed by atoms with Crippen LogP contribution >= 0.6 is 11.6 Å². The number of nitro groups is 1. The van der Waals surface area contributed by atoms with E-state index in [4.69, 9.17) is 21.1 Å². The van der Waals surface area contributed by atoms with Crippen LogP contribution in [0.3, 0.4) is 0 Å². The number of ether oxygens (including phenoxy) is 2. The van der Waals surface area contributed by atoms with Crippen LogP contribution < -0.4 is 20.7 Å². The Kier molecular flexibility index (Phi) is 7.12. The van der Waals surface area contributed by atoms with E-state index in [1.54, 1.807) is 30.3 Å². The van der Waals surface area contributed by atoms with Gasteiger partial charge in [0.15, 0.2) is 6.61 Å². The first-order valence-electron chi connectivity index (χ1n) is 11.7. The van der Waals surface area contributed by atoms with E-state index in [0.29, 0.717) is 17.1 Å². The molecule has 0 saturated carbocycles. The number of imidazole rings is 1. The summed E-state index contributed by atoms with van der Waals surface area (Å²) in [7, 11) is 2.93. The Morgan fingerprint density at radius 1 is 1.02 bits per heavy atom. The second-order valence-corrected chi connectivity index (χ2v) is 8.83. The fraction of sp³-hybridized carbons (Fsp3) is 0.115. The van der Waals surface area contributed by atoms with E-state index in [-0.39, 0.29) is 40.3 Å². The Morgan fingerprint density at radius 3 is 2.52 bits per heavy atom. The van der Waals surface area contributed by atoms with Crippen LogP contribution in [-0.2, 0) is 13.7 Å². The first-order chi connectivity index (χ1) is 19.3. The summed E-state index contributed by atoms with van der Waals surface area (Å²) < 4.78 is 14.7. The highest BCUT2D eigenvalue weighted by molar-refractivity contribution is 6.30. The number of nitrogens with zero attached hydrogens (tertiary/aromatic N) is 7. The molecule has 0 atom stereocenters. The first kappa shape index (κ1) is 26.3.